The molecule has 0 bridgehead atoms. The molecule has 15 heteroatoms. The third-order valence-electron chi connectivity index (χ3n) is 3.06. The quantitative estimate of drug-likeness (QED) is 0.602. The largest absolute Gasteiger partial charge is 0.502 e. The highest BCUT2D eigenvalue weighted by Gasteiger charge is 2.48. The first-order valence-corrected chi connectivity index (χ1v) is 8.96. The first-order chi connectivity index (χ1) is 13.1. The van der Waals surface area contributed by atoms with Gasteiger partial charge in [0.05, 0.1) is 16.1 Å². The fourth-order valence-electron chi connectivity index (χ4n) is 1.78. The Labute approximate surface area is 169 Å². The van der Waals surface area contributed by atoms with E-state index in [1.807, 2.05) is 0 Å². The zero-order valence-electron chi connectivity index (χ0n) is 13.5. The van der Waals surface area contributed by atoms with Gasteiger partial charge in [0.25, 0.3) is 9.84 Å². The number of nitrogens with zero attached hydrogens (tertiary/aromatic N) is 3. The number of hydrogen-bond donors (Lipinski definition) is 1. The van der Waals surface area contributed by atoms with Crippen molar-refractivity contribution in [3.05, 3.63) is 45.6 Å². The van der Waals surface area contributed by atoms with Gasteiger partial charge in [-0.15, -0.1) is 0 Å². The summed E-state index contributed by atoms with van der Waals surface area (Å²) >= 11 is 10.8. The topological polar surface area (TPSA) is 113 Å². The first-order valence-electron chi connectivity index (χ1n) is 6.72. The lowest BCUT2D eigenvalue weighted by atomic mass is 10.1. The summed E-state index contributed by atoms with van der Waals surface area (Å²) < 4.78 is 95.5. The summed E-state index contributed by atoms with van der Waals surface area (Å²) in [6.07, 6.45) is -2.39. The molecule has 1 aromatic carbocycles. The maximum absolute atomic E-state index is 12.3. The Morgan fingerprint density at radius 3 is 2.00 bits per heavy atom. The van der Waals surface area contributed by atoms with Crippen LogP contribution in [0.15, 0.2) is 29.3 Å². The summed E-state index contributed by atoms with van der Waals surface area (Å²) in [5, 5.41) is 16.4. The van der Waals surface area contributed by atoms with E-state index in [4.69, 9.17) is 39.5 Å². The number of anilines is 1. The lowest BCUT2D eigenvalue weighted by Gasteiger charge is -2.09. The smallest absolute Gasteiger partial charge is 0.383 e. The number of hydrogen-bond acceptors (Lipinski definition) is 5. The molecule has 0 spiro atoms. The summed E-state index contributed by atoms with van der Waals surface area (Å²) in [7, 11) is -5.49. The molecule has 0 unspecified atom stereocenters. The molecule has 2 aromatic rings. The first kappa shape index (κ1) is 24.4. The standard InChI is InChI=1S/C8H2Cl2F3N.C6H4F3N3O2S/c9-4-1-6(8(11,12)13)5(3-14)7(10)2-4;7-6(8,9)15(13,14)4-1-2-12(3-10)5(4)11/h1-2H;1-2H,11H2. The molecule has 0 aliphatic heterocycles. The van der Waals surface area contributed by atoms with E-state index in [0.717, 1.165) is 12.3 Å². The van der Waals surface area contributed by atoms with Crippen LogP contribution in [0.25, 0.3) is 0 Å². The van der Waals surface area contributed by atoms with Crippen LogP contribution < -0.4 is 5.73 Å². The van der Waals surface area contributed by atoms with E-state index in [0.29, 0.717) is 16.7 Å². The minimum absolute atomic E-state index is 0.152. The minimum Gasteiger partial charge on any atom is -0.383 e. The number of aromatic nitrogens is 1. The highest BCUT2D eigenvalue weighted by Crippen LogP contribution is 2.37. The van der Waals surface area contributed by atoms with Gasteiger partial charge in [-0.25, -0.2) is 13.0 Å². The Morgan fingerprint density at radius 1 is 1.07 bits per heavy atom. The van der Waals surface area contributed by atoms with Crippen LogP contribution in [-0.2, 0) is 16.0 Å². The Morgan fingerprint density at radius 2 is 1.62 bits per heavy atom. The molecule has 0 aliphatic carbocycles. The van der Waals surface area contributed by atoms with Crippen LogP contribution in [0.5, 0.6) is 0 Å². The maximum Gasteiger partial charge on any atom is 0.502 e. The number of nitrogens with two attached hydrogens (primary N) is 1. The van der Waals surface area contributed by atoms with Gasteiger partial charge < -0.3 is 5.73 Å². The molecule has 156 valence electrons. The van der Waals surface area contributed by atoms with E-state index in [2.05, 4.69) is 0 Å². The third-order valence-corrected chi connectivity index (χ3v) is 5.11. The average molecular weight is 479 g/mol. The molecule has 0 radical (unpaired) electrons. The highest BCUT2D eigenvalue weighted by molar-refractivity contribution is 7.92. The van der Waals surface area contributed by atoms with E-state index in [1.54, 1.807) is 0 Å². The van der Waals surface area contributed by atoms with Crippen molar-refractivity contribution in [3.63, 3.8) is 0 Å². The van der Waals surface area contributed by atoms with E-state index < -0.39 is 43.4 Å². The highest BCUT2D eigenvalue weighted by atomic mass is 35.5. The molecule has 0 atom stereocenters. The fraction of sp³-hybridized carbons (Fsp3) is 0.143. The molecular formula is C14H6Cl2F6N4O2S. The van der Waals surface area contributed by atoms with Crippen molar-refractivity contribution in [2.24, 2.45) is 0 Å². The van der Waals surface area contributed by atoms with Crippen molar-refractivity contribution in [2.45, 2.75) is 16.6 Å². The number of benzene rings is 1. The van der Waals surface area contributed by atoms with Gasteiger partial charge in [-0.3, -0.25) is 0 Å². The number of rotatable bonds is 1. The second-order valence-corrected chi connectivity index (χ2v) is 7.66. The molecule has 2 rings (SSSR count). The van der Waals surface area contributed by atoms with E-state index in [9.17, 15) is 34.8 Å². The monoisotopic (exact) mass is 478 g/mol. The zero-order valence-corrected chi connectivity index (χ0v) is 15.8. The summed E-state index contributed by atoms with van der Waals surface area (Å²) in [5.74, 6) is -0.755. The van der Waals surface area contributed by atoms with Crippen molar-refractivity contribution in [3.8, 4) is 12.3 Å². The van der Waals surface area contributed by atoms with Gasteiger partial charge in [-0.1, -0.05) is 23.2 Å². The molecule has 6 nitrogen and oxygen atoms in total. The van der Waals surface area contributed by atoms with Crippen LogP contribution in [0.3, 0.4) is 0 Å². The molecule has 0 aliphatic rings. The Bertz CT molecular complexity index is 1110. The number of halogens is 8. The minimum atomic E-state index is -5.49. The van der Waals surface area contributed by atoms with Gasteiger partial charge in [-0.2, -0.15) is 36.9 Å². The lowest BCUT2D eigenvalue weighted by Crippen LogP contribution is -2.23. The van der Waals surface area contributed by atoms with E-state index in [1.165, 1.54) is 12.3 Å². The molecule has 0 saturated heterocycles. The van der Waals surface area contributed by atoms with E-state index >= 15 is 0 Å². The number of alkyl halides is 6. The average Bonchev–Trinajstić information content (AvgIpc) is 2.94. The molecular weight excluding hydrogens is 473 g/mol. The fourth-order valence-corrected chi connectivity index (χ4v) is 3.18. The van der Waals surface area contributed by atoms with Crippen molar-refractivity contribution in [1.82, 2.24) is 4.57 Å². The lowest BCUT2D eigenvalue weighted by molar-refractivity contribution is -0.137. The van der Waals surface area contributed by atoms with Gasteiger partial charge in [0, 0.05) is 11.2 Å². The molecule has 0 saturated carbocycles. The predicted molar refractivity (Wildman–Crippen MR) is 89.3 cm³/mol. The van der Waals surface area contributed by atoms with Crippen LogP contribution in [-0.4, -0.2) is 18.5 Å². The summed E-state index contributed by atoms with van der Waals surface area (Å²) in [6.45, 7) is 0. The SMILES string of the molecule is N#Cc1c(Cl)cc(Cl)cc1C(F)(F)F.N#Cn1ccc(S(=O)(=O)C(F)(F)F)c1N. The Hall–Kier alpha value is -2.61. The number of nitriles is 2. The molecule has 1 heterocycles. The molecule has 0 fully saturated rings. The Kier molecular flexibility index (Phi) is 7.08. The summed E-state index contributed by atoms with van der Waals surface area (Å²) in [6, 6.07) is 3.78. The van der Waals surface area contributed by atoms with Gasteiger partial charge in [0.2, 0.25) is 0 Å². The molecule has 0 amide bonds. The zero-order chi connectivity index (χ0) is 22.8. The van der Waals surface area contributed by atoms with E-state index in [-0.39, 0.29) is 10.0 Å². The van der Waals surface area contributed by atoms with Crippen LogP contribution >= 0.6 is 23.2 Å². The molecule has 1 aromatic heterocycles. The van der Waals surface area contributed by atoms with Crippen molar-refractivity contribution >= 4 is 38.9 Å². The van der Waals surface area contributed by atoms with Crippen molar-refractivity contribution in [2.75, 3.05) is 5.73 Å². The molecule has 2 N–H and O–H groups in total. The van der Waals surface area contributed by atoms with Gasteiger partial charge in [-0.05, 0) is 18.2 Å². The van der Waals surface area contributed by atoms with Gasteiger partial charge in [0.15, 0.2) is 6.19 Å². The summed E-state index contributed by atoms with van der Waals surface area (Å²) in [4.78, 5) is -1.11. The van der Waals surface area contributed by atoms with Crippen molar-refractivity contribution in [1.29, 1.82) is 10.5 Å². The van der Waals surface area contributed by atoms with Crippen LogP contribution in [0.4, 0.5) is 32.2 Å². The normalized spacial score (nSPS) is 11.8. The van der Waals surface area contributed by atoms with Crippen LogP contribution in [0, 0.1) is 22.8 Å². The second kappa shape index (κ2) is 8.41. The van der Waals surface area contributed by atoms with Crippen LogP contribution in [0.1, 0.15) is 11.1 Å². The Balaban J connectivity index is 0.000000291. The second-order valence-electron chi connectivity index (χ2n) is 4.90. The van der Waals surface area contributed by atoms with Gasteiger partial charge in [0.1, 0.15) is 16.8 Å². The third kappa shape index (κ3) is 5.26. The number of sulfone groups is 1. The van der Waals surface area contributed by atoms with Crippen LogP contribution in [0.2, 0.25) is 10.0 Å². The van der Waals surface area contributed by atoms with Gasteiger partial charge >= 0.3 is 11.7 Å². The maximum atomic E-state index is 12.3. The number of nitrogen functional groups attached to an aromatic ring is 1. The molecule has 29 heavy (non-hydrogen) atoms. The summed E-state index contributed by atoms with van der Waals surface area (Å²) in [5.41, 5.74) is -2.09. The predicted octanol–water partition coefficient (Wildman–Crippen LogP) is 4.58. The van der Waals surface area contributed by atoms with Crippen molar-refractivity contribution < 1.29 is 34.8 Å².